The average molecular weight is 508 g/mol. The molecule has 1 heterocycles. The van der Waals surface area contributed by atoms with Crippen LogP contribution in [0.2, 0.25) is 5.02 Å². The van der Waals surface area contributed by atoms with Crippen LogP contribution in [0.5, 0.6) is 0 Å². The quantitative estimate of drug-likeness (QED) is 0.475. The third-order valence-corrected chi connectivity index (χ3v) is 8.03. The zero-order valence-corrected chi connectivity index (χ0v) is 20.1. The number of carbonyl (C=O) groups is 1. The van der Waals surface area contributed by atoms with E-state index < -0.39 is 26.0 Å². The molecule has 0 spiro atoms. The molecular weight excluding hydrogens is 486 g/mol. The van der Waals surface area contributed by atoms with Crippen molar-refractivity contribution in [2.75, 3.05) is 5.75 Å². The number of pyridine rings is 1. The maximum absolute atomic E-state index is 13.3. The first-order chi connectivity index (χ1) is 15.6. The average Bonchev–Trinajstić information content (AvgIpc) is 2.80. The van der Waals surface area contributed by atoms with Gasteiger partial charge in [-0.25, -0.2) is 21.6 Å². The van der Waals surface area contributed by atoms with Gasteiger partial charge in [0, 0.05) is 23.3 Å². The molecule has 0 unspecified atom stereocenters. The van der Waals surface area contributed by atoms with Crippen LogP contribution in [0.25, 0.3) is 0 Å². The molecule has 1 aromatic heterocycles. The molecule has 11 heteroatoms. The van der Waals surface area contributed by atoms with Crippen molar-refractivity contribution in [1.29, 1.82) is 0 Å². The fourth-order valence-electron chi connectivity index (χ4n) is 2.89. The smallest absolute Gasteiger partial charge is 0.264 e. The standard InChI is InChI=1S/C22H22ClN3O5S2/c1-2-32(28,29)25-22(27)18-8-6-17(7-9-18)15-26(16-20-5-3-4-14-24-20)33(30,31)21-12-10-19(23)11-13-21/h3-14H,2,15-16H2,1H3,(H,25,27). The van der Waals surface area contributed by atoms with Gasteiger partial charge in [-0.05, 0) is 61.0 Å². The first-order valence-corrected chi connectivity index (χ1v) is 13.4. The van der Waals surface area contributed by atoms with Crippen LogP contribution < -0.4 is 4.72 Å². The molecule has 3 aromatic rings. The van der Waals surface area contributed by atoms with Crippen LogP contribution in [0, 0.1) is 0 Å². The molecule has 0 fully saturated rings. The van der Waals surface area contributed by atoms with E-state index in [2.05, 4.69) is 4.98 Å². The predicted octanol–water partition coefficient (Wildman–Crippen LogP) is 3.21. The van der Waals surface area contributed by atoms with E-state index in [1.165, 1.54) is 47.6 Å². The van der Waals surface area contributed by atoms with Crippen LogP contribution in [0.4, 0.5) is 0 Å². The number of nitrogens with one attached hydrogen (secondary N) is 1. The third-order valence-electron chi connectivity index (χ3n) is 4.72. The molecule has 0 saturated heterocycles. The summed E-state index contributed by atoms with van der Waals surface area (Å²) < 4.78 is 53.2. The number of carbonyl (C=O) groups excluding carboxylic acids is 1. The van der Waals surface area contributed by atoms with E-state index in [1.807, 2.05) is 4.72 Å². The van der Waals surface area contributed by atoms with Gasteiger partial charge in [-0.3, -0.25) is 9.78 Å². The molecule has 0 aliphatic heterocycles. The lowest BCUT2D eigenvalue weighted by molar-refractivity contribution is 0.0981. The Balaban J connectivity index is 1.87. The van der Waals surface area contributed by atoms with Crippen LogP contribution >= 0.6 is 11.6 Å². The van der Waals surface area contributed by atoms with Gasteiger partial charge >= 0.3 is 0 Å². The Hall–Kier alpha value is -2.79. The van der Waals surface area contributed by atoms with Gasteiger partial charge in [0.05, 0.1) is 22.9 Å². The summed E-state index contributed by atoms with van der Waals surface area (Å²) in [5.41, 5.74) is 1.32. The topological polar surface area (TPSA) is 114 Å². The van der Waals surface area contributed by atoms with Gasteiger partial charge in [0.25, 0.3) is 5.91 Å². The number of hydrogen-bond donors (Lipinski definition) is 1. The number of halogens is 1. The second-order valence-corrected chi connectivity index (χ2v) is 11.5. The van der Waals surface area contributed by atoms with E-state index in [0.29, 0.717) is 16.3 Å². The number of benzene rings is 2. The summed E-state index contributed by atoms with van der Waals surface area (Å²) in [6.07, 6.45) is 1.58. The van der Waals surface area contributed by atoms with E-state index >= 15 is 0 Å². The summed E-state index contributed by atoms with van der Waals surface area (Å²) in [5, 5.41) is 0.421. The predicted molar refractivity (Wildman–Crippen MR) is 125 cm³/mol. The zero-order chi connectivity index (χ0) is 24.1. The van der Waals surface area contributed by atoms with Crippen LogP contribution in [0.15, 0.2) is 77.8 Å². The van der Waals surface area contributed by atoms with Gasteiger partial charge in [-0.1, -0.05) is 29.8 Å². The number of hydrogen-bond acceptors (Lipinski definition) is 6. The Morgan fingerprint density at radius 1 is 0.939 bits per heavy atom. The van der Waals surface area contributed by atoms with Crippen molar-refractivity contribution in [2.24, 2.45) is 0 Å². The highest BCUT2D eigenvalue weighted by Gasteiger charge is 2.25. The van der Waals surface area contributed by atoms with Crippen LogP contribution in [-0.4, -0.2) is 37.8 Å². The molecule has 1 amide bonds. The van der Waals surface area contributed by atoms with Crippen molar-refractivity contribution in [3.05, 3.63) is 94.8 Å². The molecular formula is C22H22ClN3O5S2. The van der Waals surface area contributed by atoms with Crippen molar-refractivity contribution in [1.82, 2.24) is 14.0 Å². The number of rotatable bonds is 9. The molecule has 0 atom stereocenters. The second-order valence-electron chi connectivity index (χ2n) is 7.08. The van der Waals surface area contributed by atoms with E-state index in [1.54, 1.807) is 36.5 Å². The lowest BCUT2D eigenvalue weighted by Gasteiger charge is -2.22. The van der Waals surface area contributed by atoms with Crippen molar-refractivity contribution >= 4 is 37.6 Å². The highest BCUT2D eigenvalue weighted by molar-refractivity contribution is 7.90. The highest BCUT2D eigenvalue weighted by Crippen LogP contribution is 2.22. The fraction of sp³-hybridized carbons (Fsp3) is 0.182. The molecule has 0 radical (unpaired) electrons. The van der Waals surface area contributed by atoms with E-state index in [9.17, 15) is 21.6 Å². The molecule has 3 rings (SSSR count). The first kappa shape index (κ1) is 24.8. The van der Waals surface area contributed by atoms with E-state index in [0.717, 1.165) is 0 Å². The largest absolute Gasteiger partial charge is 0.268 e. The molecule has 8 nitrogen and oxygen atoms in total. The minimum Gasteiger partial charge on any atom is -0.268 e. The maximum atomic E-state index is 13.3. The maximum Gasteiger partial charge on any atom is 0.264 e. The minimum atomic E-state index is -3.89. The van der Waals surface area contributed by atoms with Crippen LogP contribution in [0.1, 0.15) is 28.5 Å². The van der Waals surface area contributed by atoms with E-state index in [4.69, 9.17) is 11.6 Å². The van der Waals surface area contributed by atoms with E-state index in [-0.39, 0.29) is 29.3 Å². The first-order valence-electron chi connectivity index (χ1n) is 9.90. The van der Waals surface area contributed by atoms with Gasteiger partial charge in [0.15, 0.2) is 0 Å². The molecule has 0 saturated carbocycles. The van der Waals surface area contributed by atoms with Crippen molar-refractivity contribution in [3.63, 3.8) is 0 Å². The number of sulfonamides is 2. The van der Waals surface area contributed by atoms with Crippen LogP contribution in [-0.2, 0) is 33.1 Å². The van der Waals surface area contributed by atoms with Crippen molar-refractivity contribution < 1.29 is 21.6 Å². The molecule has 1 N–H and O–H groups in total. The summed E-state index contributed by atoms with van der Waals surface area (Å²) >= 11 is 5.90. The lowest BCUT2D eigenvalue weighted by atomic mass is 10.1. The second kappa shape index (κ2) is 10.4. The van der Waals surface area contributed by atoms with Gasteiger partial charge in [-0.2, -0.15) is 4.31 Å². The van der Waals surface area contributed by atoms with Gasteiger partial charge < -0.3 is 0 Å². The summed E-state index contributed by atoms with van der Waals surface area (Å²) in [5.74, 6) is -0.968. The molecule has 0 bridgehead atoms. The molecule has 2 aromatic carbocycles. The molecule has 33 heavy (non-hydrogen) atoms. The Morgan fingerprint density at radius 3 is 2.18 bits per heavy atom. The van der Waals surface area contributed by atoms with Crippen LogP contribution in [0.3, 0.4) is 0 Å². The summed E-state index contributed by atoms with van der Waals surface area (Å²) in [4.78, 5) is 16.5. The number of nitrogens with zero attached hydrogens (tertiary/aromatic N) is 2. The highest BCUT2D eigenvalue weighted by atomic mass is 35.5. The minimum absolute atomic E-state index is 0.0106. The lowest BCUT2D eigenvalue weighted by Crippen LogP contribution is -2.32. The molecule has 0 aliphatic rings. The fourth-order valence-corrected chi connectivity index (χ4v) is 4.96. The Labute approximate surface area is 198 Å². The zero-order valence-electron chi connectivity index (χ0n) is 17.7. The summed E-state index contributed by atoms with van der Waals surface area (Å²) in [7, 11) is -7.58. The van der Waals surface area contributed by atoms with Crippen molar-refractivity contribution in [2.45, 2.75) is 24.9 Å². The molecule has 174 valence electrons. The Morgan fingerprint density at radius 2 is 1.61 bits per heavy atom. The van der Waals surface area contributed by atoms with Gasteiger partial charge in [-0.15, -0.1) is 0 Å². The molecule has 0 aliphatic carbocycles. The van der Waals surface area contributed by atoms with Gasteiger partial charge in [0.1, 0.15) is 0 Å². The Kier molecular flexibility index (Phi) is 7.85. The third kappa shape index (κ3) is 6.61. The number of amides is 1. The monoisotopic (exact) mass is 507 g/mol. The summed E-state index contributed by atoms with van der Waals surface area (Å²) in [6, 6.07) is 17.2. The normalized spacial score (nSPS) is 12.0. The summed E-state index contributed by atoms with van der Waals surface area (Å²) in [6.45, 7) is 1.47. The Bertz CT molecular complexity index is 1310. The van der Waals surface area contributed by atoms with Crippen molar-refractivity contribution in [3.8, 4) is 0 Å². The SMILES string of the molecule is CCS(=O)(=O)NC(=O)c1ccc(CN(Cc2ccccn2)S(=O)(=O)c2ccc(Cl)cc2)cc1. The number of aromatic nitrogens is 1. The van der Waals surface area contributed by atoms with Gasteiger partial charge in [0.2, 0.25) is 20.0 Å².